The van der Waals surface area contributed by atoms with E-state index in [2.05, 4.69) is 0 Å². The average Bonchev–Trinajstić information content (AvgIpc) is 2.31. The number of carbonyl (C=O) groups is 2. The van der Waals surface area contributed by atoms with E-state index in [1.807, 2.05) is 0 Å². The van der Waals surface area contributed by atoms with E-state index >= 15 is 0 Å². The smallest absolute Gasteiger partial charge is 0.248 e. The van der Waals surface area contributed by atoms with Gasteiger partial charge in [0.05, 0.1) is 6.54 Å². The first-order valence-electron chi connectivity index (χ1n) is 4.40. The minimum Gasteiger partial charge on any atom is -0.370 e. The number of guanidine groups is 1. The molecule has 78 valence electrons. The topological polar surface area (TPSA) is 90.5 Å². The Kier molecular flexibility index (Phi) is 3.06. The van der Waals surface area contributed by atoms with Crippen LogP contribution in [0.4, 0.5) is 0 Å². The van der Waals surface area contributed by atoms with Gasteiger partial charge < -0.3 is 10.6 Å². The van der Waals surface area contributed by atoms with Gasteiger partial charge in [0.25, 0.3) is 0 Å². The Bertz CT molecular complexity index is 277. The molecule has 0 unspecified atom stereocenters. The van der Waals surface area contributed by atoms with Gasteiger partial charge in [-0.05, 0) is 6.42 Å². The van der Waals surface area contributed by atoms with Crippen molar-refractivity contribution in [2.45, 2.75) is 12.8 Å². The number of primary amides is 1. The highest BCUT2D eigenvalue weighted by atomic mass is 16.2. The number of likely N-dealkylation sites (N-methyl/N-ethyl adjacent to an activating group) is 1. The van der Waals surface area contributed by atoms with Gasteiger partial charge >= 0.3 is 0 Å². The highest BCUT2D eigenvalue weighted by Crippen LogP contribution is 2.07. The van der Waals surface area contributed by atoms with Crippen LogP contribution in [0.5, 0.6) is 0 Å². The largest absolute Gasteiger partial charge is 0.370 e. The monoisotopic (exact) mass is 198 g/mol. The summed E-state index contributed by atoms with van der Waals surface area (Å²) in [5, 5.41) is 7.54. The maximum atomic E-state index is 11.3. The normalized spacial score (nSPS) is 16.6. The fourth-order valence-electron chi connectivity index (χ4n) is 1.33. The number of carbonyl (C=O) groups excluding carboxylic acids is 2. The Morgan fingerprint density at radius 1 is 1.64 bits per heavy atom. The number of rotatable bonds is 4. The van der Waals surface area contributed by atoms with Gasteiger partial charge in [-0.2, -0.15) is 0 Å². The minimum absolute atomic E-state index is 0.0954. The van der Waals surface area contributed by atoms with Crippen molar-refractivity contribution in [3.63, 3.8) is 0 Å². The molecule has 0 aromatic carbocycles. The van der Waals surface area contributed by atoms with Crippen molar-refractivity contribution < 1.29 is 9.59 Å². The highest BCUT2D eigenvalue weighted by Gasteiger charge is 2.29. The van der Waals surface area contributed by atoms with Crippen LogP contribution in [-0.4, -0.2) is 47.7 Å². The zero-order valence-corrected chi connectivity index (χ0v) is 8.12. The first-order valence-corrected chi connectivity index (χ1v) is 4.40. The molecule has 2 amide bonds. The molecule has 1 aliphatic rings. The number of amides is 2. The van der Waals surface area contributed by atoms with E-state index in [1.54, 1.807) is 11.9 Å². The van der Waals surface area contributed by atoms with Gasteiger partial charge in [0, 0.05) is 20.0 Å². The summed E-state index contributed by atoms with van der Waals surface area (Å²) >= 11 is 0. The molecule has 1 heterocycles. The molecule has 3 N–H and O–H groups in total. The van der Waals surface area contributed by atoms with Crippen LogP contribution in [0.15, 0.2) is 0 Å². The Morgan fingerprint density at radius 2 is 2.29 bits per heavy atom. The van der Waals surface area contributed by atoms with Crippen LogP contribution >= 0.6 is 0 Å². The Balaban J connectivity index is 2.41. The molecule has 0 aromatic rings. The summed E-state index contributed by atoms with van der Waals surface area (Å²) in [6.07, 6.45) is 0.762. The lowest BCUT2D eigenvalue weighted by Crippen LogP contribution is -2.33. The van der Waals surface area contributed by atoms with E-state index in [0.717, 1.165) is 0 Å². The lowest BCUT2D eigenvalue weighted by molar-refractivity contribution is -0.125. The molecule has 1 fully saturated rings. The van der Waals surface area contributed by atoms with Gasteiger partial charge in [-0.15, -0.1) is 0 Å². The number of nitrogens with zero attached hydrogens (tertiary/aromatic N) is 2. The van der Waals surface area contributed by atoms with Crippen molar-refractivity contribution in [2.24, 2.45) is 5.73 Å². The third-order valence-electron chi connectivity index (χ3n) is 2.10. The Labute approximate surface area is 82.2 Å². The summed E-state index contributed by atoms with van der Waals surface area (Å²) in [6.45, 7) is 0.639. The van der Waals surface area contributed by atoms with Crippen molar-refractivity contribution in [3.05, 3.63) is 0 Å². The molecule has 1 rings (SSSR count). The lowest BCUT2D eigenvalue weighted by Gasteiger charge is -2.16. The van der Waals surface area contributed by atoms with Gasteiger partial charge in [0.15, 0.2) is 0 Å². The van der Waals surface area contributed by atoms with Crippen molar-refractivity contribution in [1.29, 1.82) is 5.41 Å². The molecule has 0 atom stereocenters. The van der Waals surface area contributed by atoms with E-state index in [9.17, 15) is 9.59 Å². The van der Waals surface area contributed by atoms with E-state index in [1.165, 1.54) is 4.90 Å². The summed E-state index contributed by atoms with van der Waals surface area (Å²) < 4.78 is 0. The number of hydrogen-bond donors (Lipinski definition) is 2. The van der Waals surface area contributed by atoms with Crippen molar-refractivity contribution in [3.8, 4) is 0 Å². The number of nitrogens with one attached hydrogen (secondary N) is 1. The molecular formula is C8H14N4O2. The zero-order valence-electron chi connectivity index (χ0n) is 8.12. The Morgan fingerprint density at radius 3 is 2.71 bits per heavy atom. The second-order valence-electron chi connectivity index (χ2n) is 3.29. The van der Waals surface area contributed by atoms with Crippen molar-refractivity contribution in [2.75, 3.05) is 20.1 Å². The predicted molar refractivity (Wildman–Crippen MR) is 50.5 cm³/mol. The SMILES string of the molecule is CN1CC(=O)N(CCCC(N)=O)C1=N. The fraction of sp³-hybridized carbons (Fsp3) is 0.625. The first-order chi connectivity index (χ1) is 6.52. The molecule has 6 heteroatoms. The molecule has 1 saturated heterocycles. The number of nitrogens with two attached hydrogens (primary N) is 1. The predicted octanol–water partition coefficient (Wildman–Crippen LogP) is -1.04. The summed E-state index contributed by atoms with van der Waals surface area (Å²) in [5.41, 5.74) is 4.97. The van der Waals surface area contributed by atoms with Gasteiger partial charge in [-0.3, -0.25) is 19.9 Å². The molecular weight excluding hydrogens is 184 g/mol. The summed E-state index contributed by atoms with van der Waals surface area (Å²) in [6, 6.07) is 0. The maximum Gasteiger partial charge on any atom is 0.248 e. The summed E-state index contributed by atoms with van der Waals surface area (Å²) in [4.78, 5) is 24.7. The fourth-order valence-corrected chi connectivity index (χ4v) is 1.33. The first kappa shape index (κ1) is 10.5. The second-order valence-corrected chi connectivity index (χ2v) is 3.29. The Hall–Kier alpha value is -1.59. The molecule has 0 aromatic heterocycles. The third kappa shape index (κ3) is 2.21. The standard InChI is InChI=1S/C8H14N4O2/c1-11-5-7(14)12(8(11)10)4-2-3-6(9)13/h10H,2-5H2,1H3,(H2,9,13). The maximum absolute atomic E-state index is 11.3. The van der Waals surface area contributed by atoms with Crippen LogP contribution in [0.25, 0.3) is 0 Å². The molecule has 0 saturated carbocycles. The molecule has 0 radical (unpaired) electrons. The quantitative estimate of drug-likeness (QED) is 0.604. The minimum atomic E-state index is -0.378. The molecule has 0 spiro atoms. The van der Waals surface area contributed by atoms with Gasteiger partial charge in [0.1, 0.15) is 0 Å². The van der Waals surface area contributed by atoms with E-state index < -0.39 is 0 Å². The van der Waals surface area contributed by atoms with Crippen LogP contribution in [-0.2, 0) is 9.59 Å². The third-order valence-corrected chi connectivity index (χ3v) is 2.10. The zero-order chi connectivity index (χ0) is 10.7. The van der Waals surface area contributed by atoms with Gasteiger partial charge in [0.2, 0.25) is 17.8 Å². The van der Waals surface area contributed by atoms with Crippen LogP contribution in [0, 0.1) is 5.41 Å². The van der Waals surface area contributed by atoms with E-state index in [4.69, 9.17) is 11.1 Å². The van der Waals surface area contributed by atoms with Crippen LogP contribution in [0.3, 0.4) is 0 Å². The van der Waals surface area contributed by atoms with Crippen molar-refractivity contribution >= 4 is 17.8 Å². The molecule has 0 bridgehead atoms. The molecule has 14 heavy (non-hydrogen) atoms. The number of hydrogen-bond acceptors (Lipinski definition) is 3. The summed E-state index contributed by atoms with van der Waals surface area (Å²) in [7, 11) is 1.69. The van der Waals surface area contributed by atoms with Crippen LogP contribution < -0.4 is 5.73 Å². The van der Waals surface area contributed by atoms with E-state index in [-0.39, 0.29) is 30.7 Å². The van der Waals surface area contributed by atoms with Crippen LogP contribution in [0.2, 0.25) is 0 Å². The molecule has 6 nitrogen and oxygen atoms in total. The molecule has 1 aliphatic heterocycles. The highest BCUT2D eigenvalue weighted by molar-refractivity contribution is 6.02. The second kappa shape index (κ2) is 4.08. The lowest BCUT2D eigenvalue weighted by atomic mass is 10.3. The average molecular weight is 198 g/mol. The van der Waals surface area contributed by atoms with Gasteiger partial charge in [-0.1, -0.05) is 0 Å². The van der Waals surface area contributed by atoms with Gasteiger partial charge in [-0.25, -0.2) is 0 Å². The van der Waals surface area contributed by atoms with E-state index in [0.29, 0.717) is 13.0 Å². The van der Waals surface area contributed by atoms with Crippen LogP contribution in [0.1, 0.15) is 12.8 Å². The summed E-state index contributed by atoms with van der Waals surface area (Å²) in [5.74, 6) is -0.280. The molecule has 0 aliphatic carbocycles. The van der Waals surface area contributed by atoms with Crippen molar-refractivity contribution in [1.82, 2.24) is 9.80 Å².